The van der Waals surface area contributed by atoms with Crippen LogP contribution >= 0.6 is 34.4 Å². The zero-order chi connectivity index (χ0) is 21.7. The molecule has 158 valence electrons. The lowest BCUT2D eigenvalue weighted by atomic mass is 9.83. The molecule has 0 bridgehead atoms. The fraction of sp³-hybridized carbons (Fsp3) is 0.154. The summed E-state index contributed by atoms with van der Waals surface area (Å²) < 4.78 is 2.66. The second-order valence-corrected chi connectivity index (χ2v) is 10.8. The molecule has 32 heavy (non-hydrogen) atoms. The normalized spacial score (nSPS) is 17.5. The van der Waals surface area contributed by atoms with E-state index < -0.39 is 0 Å². The Morgan fingerprint density at radius 1 is 1.06 bits per heavy atom. The van der Waals surface area contributed by atoms with E-state index in [0.29, 0.717) is 0 Å². The third-order valence-corrected chi connectivity index (χ3v) is 8.67. The van der Waals surface area contributed by atoms with Crippen molar-refractivity contribution in [1.82, 2.24) is 4.57 Å². The summed E-state index contributed by atoms with van der Waals surface area (Å²) in [5.41, 5.74) is 6.03. The zero-order valence-corrected chi connectivity index (χ0v) is 19.9. The average molecular weight is 473 g/mol. The highest BCUT2D eigenvalue weighted by atomic mass is 32.2. The van der Waals surface area contributed by atoms with Crippen LogP contribution in [0, 0.1) is 0 Å². The molecule has 2 aliphatic rings. The van der Waals surface area contributed by atoms with Crippen molar-refractivity contribution >= 4 is 46.2 Å². The van der Waals surface area contributed by atoms with Crippen LogP contribution < -0.4 is 14.9 Å². The monoisotopic (exact) mass is 472 g/mol. The highest BCUT2D eigenvalue weighted by Gasteiger charge is 2.32. The number of hydrogen-bond acceptors (Lipinski definition) is 5. The highest BCUT2D eigenvalue weighted by molar-refractivity contribution is 7.98. The molecule has 0 amide bonds. The maximum Gasteiger partial charge on any atom is 0.271 e. The molecule has 0 radical (unpaired) electrons. The van der Waals surface area contributed by atoms with E-state index in [1.165, 1.54) is 32.9 Å². The predicted molar refractivity (Wildman–Crippen MR) is 135 cm³/mol. The molecule has 0 spiro atoms. The Labute approximate surface area is 198 Å². The van der Waals surface area contributed by atoms with E-state index in [4.69, 9.17) is 4.99 Å². The van der Waals surface area contributed by atoms with Gasteiger partial charge in [-0.3, -0.25) is 9.36 Å². The summed E-state index contributed by atoms with van der Waals surface area (Å²) in [6.45, 7) is 0. The quantitative estimate of drug-likeness (QED) is 0.389. The van der Waals surface area contributed by atoms with Crippen molar-refractivity contribution in [2.45, 2.75) is 23.8 Å². The van der Waals surface area contributed by atoms with E-state index in [1.54, 1.807) is 23.1 Å². The number of fused-ring (bicyclic) bond motifs is 3. The molecule has 1 aliphatic carbocycles. The summed E-state index contributed by atoms with van der Waals surface area (Å²) in [6, 6.07) is 21.1. The summed E-state index contributed by atoms with van der Waals surface area (Å²) in [6.07, 6.45) is 5.98. The van der Waals surface area contributed by atoms with Crippen LogP contribution in [0.25, 0.3) is 11.8 Å². The molecule has 6 rings (SSSR count). The van der Waals surface area contributed by atoms with E-state index >= 15 is 0 Å². The van der Waals surface area contributed by atoms with Crippen LogP contribution in [0.3, 0.4) is 0 Å². The van der Waals surface area contributed by atoms with Crippen molar-refractivity contribution in [3.63, 3.8) is 0 Å². The molecule has 0 N–H and O–H groups in total. The van der Waals surface area contributed by atoms with Gasteiger partial charge in [0.25, 0.3) is 5.56 Å². The number of benzene rings is 2. The SMILES string of the molecule is CSc1ccc(C2C3=C(N=c4s/c(=C\c5cccs5)c(=O)n42)c2ccccc2CC3)cc1. The number of thioether (sulfide) groups is 1. The van der Waals surface area contributed by atoms with Gasteiger partial charge in [0.15, 0.2) is 4.80 Å². The van der Waals surface area contributed by atoms with Crippen molar-refractivity contribution in [2.75, 3.05) is 6.26 Å². The Morgan fingerprint density at radius 3 is 2.69 bits per heavy atom. The molecular weight excluding hydrogens is 453 g/mol. The summed E-state index contributed by atoms with van der Waals surface area (Å²) in [4.78, 5) is 21.8. The predicted octanol–water partition coefficient (Wildman–Crippen LogP) is 5.10. The van der Waals surface area contributed by atoms with Crippen LogP contribution in [0.4, 0.5) is 0 Å². The van der Waals surface area contributed by atoms with Crippen LogP contribution in [-0.4, -0.2) is 10.8 Å². The summed E-state index contributed by atoms with van der Waals surface area (Å²) in [5.74, 6) is 0. The van der Waals surface area contributed by atoms with Crippen molar-refractivity contribution in [1.29, 1.82) is 0 Å². The van der Waals surface area contributed by atoms with Crippen LogP contribution in [0.5, 0.6) is 0 Å². The van der Waals surface area contributed by atoms with Crippen LogP contribution in [0.15, 0.2) is 86.3 Å². The number of hydrogen-bond donors (Lipinski definition) is 0. The minimum atomic E-state index is -0.115. The molecule has 1 aliphatic heterocycles. The molecule has 4 aromatic rings. The van der Waals surface area contributed by atoms with Gasteiger partial charge in [-0.15, -0.1) is 23.1 Å². The third kappa shape index (κ3) is 3.25. The van der Waals surface area contributed by atoms with E-state index in [0.717, 1.165) is 38.3 Å². The van der Waals surface area contributed by atoms with Gasteiger partial charge in [0.05, 0.1) is 16.3 Å². The van der Waals surface area contributed by atoms with Crippen LogP contribution in [0.2, 0.25) is 0 Å². The summed E-state index contributed by atoms with van der Waals surface area (Å²) in [5, 5.41) is 2.04. The fourth-order valence-electron chi connectivity index (χ4n) is 4.61. The summed E-state index contributed by atoms with van der Waals surface area (Å²) >= 11 is 4.87. The maximum atomic E-state index is 13.6. The fourth-order valence-corrected chi connectivity index (χ4v) is 6.74. The molecular formula is C26H20N2OS3. The van der Waals surface area contributed by atoms with E-state index in [1.807, 2.05) is 28.2 Å². The standard InChI is InChI=1S/C26H20N2OS3/c1-30-18-11-8-17(9-12-18)24-21-13-10-16-5-2-3-7-20(16)23(21)27-26-28(24)25(29)22(32-26)15-19-6-4-14-31-19/h2-9,11-12,14-15,24H,10,13H2,1H3/b22-15-. The van der Waals surface area contributed by atoms with E-state index in [2.05, 4.69) is 54.8 Å². The number of aromatic nitrogens is 1. The Hall–Kier alpha value is -2.67. The van der Waals surface area contributed by atoms with Gasteiger partial charge in [-0.05, 0) is 65.5 Å². The van der Waals surface area contributed by atoms with Gasteiger partial charge in [-0.25, -0.2) is 4.99 Å². The highest BCUT2D eigenvalue weighted by Crippen LogP contribution is 2.41. The molecule has 1 atom stereocenters. The average Bonchev–Trinajstić information content (AvgIpc) is 3.46. The lowest BCUT2D eigenvalue weighted by molar-refractivity contribution is 0.585. The third-order valence-electron chi connectivity index (χ3n) is 6.12. The Kier molecular flexibility index (Phi) is 5.01. The second kappa shape index (κ2) is 8.03. The van der Waals surface area contributed by atoms with Crippen molar-refractivity contribution in [3.05, 3.63) is 113 Å². The van der Waals surface area contributed by atoms with Gasteiger partial charge < -0.3 is 0 Å². The number of thiophene rings is 1. The Morgan fingerprint density at radius 2 is 1.91 bits per heavy atom. The topological polar surface area (TPSA) is 34.4 Å². The first kappa shape index (κ1) is 20.0. The van der Waals surface area contributed by atoms with Gasteiger partial charge in [0, 0.05) is 15.3 Å². The Bertz CT molecular complexity index is 1520. The minimum absolute atomic E-state index is 0.0477. The number of thiazole rings is 1. The smallest absolute Gasteiger partial charge is 0.271 e. The maximum absolute atomic E-state index is 13.6. The van der Waals surface area contributed by atoms with E-state index in [9.17, 15) is 4.79 Å². The van der Waals surface area contributed by atoms with Crippen molar-refractivity contribution in [2.24, 2.45) is 4.99 Å². The minimum Gasteiger partial charge on any atom is -0.272 e. The van der Waals surface area contributed by atoms with Crippen molar-refractivity contribution < 1.29 is 0 Å². The molecule has 6 heteroatoms. The molecule has 0 saturated heterocycles. The van der Waals surface area contributed by atoms with Crippen LogP contribution in [0.1, 0.15) is 34.0 Å². The molecule has 3 nitrogen and oxygen atoms in total. The van der Waals surface area contributed by atoms with Gasteiger partial charge in [-0.2, -0.15) is 0 Å². The lowest BCUT2D eigenvalue weighted by Gasteiger charge is -2.30. The van der Waals surface area contributed by atoms with Gasteiger partial charge >= 0.3 is 0 Å². The second-order valence-electron chi connectivity index (χ2n) is 7.90. The lowest BCUT2D eigenvalue weighted by Crippen LogP contribution is -2.38. The largest absolute Gasteiger partial charge is 0.272 e. The molecule has 0 fully saturated rings. The zero-order valence-electron chi connectivity index (χ0n) is 17.4. The first-order valence-corrected chi connectivity index (χ1v) is 13.5. The molecule has 2 aromatic carbocycles. The summed E-state index contributed by atoms with van der Waals surface area (Å²) in [7, 11) is 0. The van der Waals surface area contributed by atoms with Crippen LogP contribution in [-0.2, 0) is 6.42 Å². The number of aryl methyl sites for hydroxylation is 1. The van der Waals surface area contributed by atoms with Crippen molar-refractivity contribution in [3.8, 4) is 0 Å². The van der Waals surface area contributed by atoms with Gasteiger partial charge in [0.1, 0.15) is 0 Å². The molecule has 1 unspecified atom stereocenters. The molecule has 0 saturated carbocycles. The number of nitrogens with zero attached hydrogens (tertiary/aromatic N) is 2. The molecule has 3 heterocycles. The van der Waals surface area contributed by atoms with Gasteiger partial charge in [-0.1, -0.05) is 53.8 Å². The van der Waals surface area contributed by atoms with E-state index in [-0.39, 0.29) is 11.6 Å². The number of allylic oxidation sites excluding steroid dienone is 1. The van der Waals surface area contributed by atoms with Gasteiger partial charge in [0.2, 0.25) is 0 Å². The Balaban J connectivity index is 1.63. The first-order chi connectivity index (χ1) is 15.7. The number of rotatable bonds is 3. The first-order valence-electron chi connectivity index (χ1n) is 10.5. The molecule has 2 aromatic heterocycles.